The highest BCUT2D eigenvalue weighted by Gasteiger charge is 2.35. The van der Waals surface area contributed by atoms with Gasteiger partial charge in [-0.05, 0) is 61.5 Å². The number of amides is 2. The number of hydrogen-bond acceptors (Lipinski definition) is 6. The van der Waals surface area contributed by atoms with Crippen LogP contribution >= 0.6 is 0 Å². The molecule has 2 N–H and O–H groups in total. The molecule has 8 nitrogen and oxygen atoms in total. The number of rotatable bonds is 11. The Morgan fingerprint density at radius 1 is 0.962 bits per heavy atom. The number of aliphatic hydroxyl groups excluding tert-OH is 1. The maximum atomic E-state index is 14.4. The Morgan fingerprint density at radius 3 is 2.25 bits per heavy atom. The number of hydrogen-bond donors (Lipinski definition) is 2. The van der Waals surface area contributed by atoms with Crippen molar-refractivity contribution in [3.8, 4) is 5.75 Å². The van der Waals surface area contributed by atoms with Gasteiger partial charge in [0.2, 0.25) is 5.91 Å². The molecule has 1 aliphatic rings. The number of para-hydroxylation sites is 1. The molecule has 0 aliphatic carbocycles. The summed E-state index contributed by atoms with van der Waals surface area (Å²) in [5, 5.41) is 12.8. The smallest absolute Gasteiger partial charge is 0.416 e. The molecule has 5 rings (SSSR count). The van der Waals surface area contributed by atoms with Crippen LogP contribution in [0.25, 0.3) is 0 Å². The van der Waals surface area contributed by atoms with Crippen LogP contribution in [0.5, 0.6) is 5.75 Å². The van der Waals surface area contributed by atoms with Gasteiger partial charge < -0.3 is 25.0 Å². The minimum absolute atomic E-state index is 0.123. The van der Waals surface area contributed by atoms with E-state index in [-0.39, 0.29) is 48.2 Å². The quantitative estimate of drug-likeness (QED) is 0.123. The predicted molar refractivity (Wildman–Crippen MR) is 189 cm³/mol. The second kappa shape index (κ2) is 16.3. The first-order chi connectivity index (χ1) is 25.0. The largest absolute Gasteiger partial charge is 0.486 e. The van der Waals surface area contributed by atoms with Crippen LogP contribution in [0.2, 0.25) is 0 Å². The Bertz CT molecular complexity index is 1920. The molecule has 0 spiro atoms. The number of alkyl halides is 3. The van der Waals surface area contributed by atoms with Gasteiger partial charge in [-0.15, -0.1) is 0 Å². The fourth-order valence-corrected chi connectivity index (χ4v) is 6.17. The van der Waals surface area contributed by atoms with Crippen molar-refractivity contribution < 1.29 is 45.8 Å². The molecule has 1 heterocycles. The average molecular weight is 743 g/mol. The predicted octanol–water partition coefficient (Wildman–Crippen LogP) is 7.42. The van der Waals surface area contributed by atoms with E-state index in [1.807, 2.05) is 31.0 Å². The zero-order valence-electron chi connectivity index (χ0n) is 29.6. The normalized spacial score (nSPS) is 16.8. The van der Waals surface area contributed by atoms with Gasteiger partial charge in [-0.1, -0.05) is 37.3 Å². The van der Waals surface area contributed by atoms with Crippen molar-refractivity contribution >= 4 is 28.9 Å². The molecule has 282 valence electrons. The maximum Gasteiger partial charge on any atom is 0.416 e. The summed E-state index contributed by atoms with van der Waals surface area (Å²) in [6, 6.07) is 16.9. The van der Waals surface area contributed by atoms with Crippen LogP contribution in [0.3, 0.4) is 0 Å². The Labute approximate surface area is 303 Å². The van der Waals surface area contributed by atoms with Crippen molar-refractivity contribution in [2.45, 2.75) is 45.1 Å². The summed E-state index contributed by atoms with van der Waals surface area (Å²) in [5.41, 5.74) is 1.23. The van der Waals surface area contributed by atoms with Crippen molar-refractivity contribution in [2.75, 3.05) is 44.0 Å². The number of likely N-dealkylation sites (N-methyl/N-ethyl adjacent to an activating group) is 1. The van der Waals surface area contributed by atoms with E-state index in [1.54, 1.807) is 49.2 Å². The Balaban J connectivity index is 1.34. The third kappa shape index (κ3) is 9.30. The summed E-state index contributed by atoms with van der Waals surface area (Å²) in [6.45, 7) is 4.45. The number of aliphatic hydroxyl groups is 1. The molecule has 0 bridgehead atoms. The summed E-state index contributed by atoms with van der Waals surface area (Å²) < 4.78 is 87.3. The Kier molecular flexibility index (Phi) is 12.0. The van der Waals surface area contributed by atoms with Crippen LogP contribution in [-0.4, -0.2) is 72.7 Å². The molecule has 4 aromatic rings. The van der Waals surface area contributed by atoms with Gasteiger partial charge in [0.1, 0.15) is 11.9 Å². The van der Waals surface area contributed by atoms with Crippen LogP contribution < -0.4 is 15.0 Å². The Morgan fingerprint density at radius 2 is 1.60 bits per heavy atom. The first-order valence-electron chi connectivity index (χ1n) is 16.9. The van der Waals surface area contributed by atoms with Gasteiger partial charge in [0.05, 0.1) is 41.6 Å². The van der Waals surface area contributed by atoms with Crippen molar-refractivity contribution in [3.63, 3.8) is 0 Å². The fourth-order valence-electron chi connectivity index (χ4n) is 6.17. The number of anilines is 3. The summed E-state index contributed by atoms with van der Waals surface area (Å²) in [7, 11) is 3.42. The van der Waals surface area contributed by atoms with Crippen molar-refractivity contribution in [1.29, 1.82) is 0 Å². The molecule has 0 aromatic heterocycles. The standard InChI is InChI=1S/C39H40F6N4O4/c1-23-19-49(24(2)22-50)38(52)29-6-5-7-33(46-36(51)16-25-8-12-27(13-9-25)39(43,44)45)37(29)53-35(23)21-47(3)20-26-10-14-28(15-11-26)48(4)34-18-31(41)30(40)17-32(34)42/h5-15,17-18,23-24,35,50H,16,19-22H2,1-4H3,(H,46,51)/t23-,24?,35-/m1/s1. The zero-order valence-corrected chi connectivity index (χ0v) is 29.6. The molecule has 3 atom stereocenters. The van der Waals surface area contributed by atoms with E-state index in [9.17, 15) is 41.0 Å². The zero-order chi connectivity index (χ0) is 38.6. The first-order valence-corrected chi connectivity index (χ1v) is 16.9. The lowest BCUT2D eigenvalue weighted by Crippen LogP contribution is -2.49. The van der Waals surface area contributed by atoms with Crippen LogP contribution in [-0.2, 0) is 23.9 Å². The Hall–Kier alpha value is -5.08. The number of nitrogens with one attached hydrogen (secondary N) is 1. The molecule has 0 saturated carbocycles. The van der Waals surface area contributed by atoms with E-state index in [0.717, 1.165) is 23.8 Å². The van der Waals surface area contributed by atoms with E-state index < -0.39 is 53.2 Å². The topological polar surface area (TPSA) is 85.3 Å². The molecule has 1 unspecified atom stereocenters. The van der Waals surface area contributed by atoms with E-state index in [2.05, 4.69) is 5.32 Å². The monoisotopic (exact) mass is 742 g/mol. The molecule has 53 heavy (non-hydrogen) atoms. The molecular formula is C39H40F6N4O4. The lowest BCUT2D eigenvalue weighted by Gasteiger charge is -2.38. The van der Waals surface area contributed by atoms with Crippen molar-refractivity contribution in [3.05, 3.63) is 119 Å². The summed E-state index contributed by atoms with van der Waals surface area (Å²) in [6.07, 6.45) is -5.25. The average Bonchev–Trinajstić information content (AvgIpc) is 3.11. The third-order valence-electron chi connectivity index (χ3n) is 9.23. The molecule has 14 heteroatoms. The second-order valence-electron chi connectivity index (χ2n) is 13.4. The molecular weight excluding hydrogens is 702 g/mol. The van der Waals surface area contributed by atoms with Crippen molar-refractivity contribution in [2.24, 2.45) is 5.92 Å². The lowest BCUT2D eigenvalue weighted by molar-refractivity contribution is -0.137. The SMILES string of the molecule is CC(CO)N1C[C@@H](C)[C@@H](CN(C)Cc2ccc(N(C)c3cc(F)c(F)cc3F)cc2)Oc2c(NC(=O)Cc3ccc(C(F)(F)F)cc3)cccc2C1=O. The van der Waals surface area contributed by atoms with Crippen LogP contribution in [0.4, 0.5) is 43.4 Å². The highest BCUT2D eigenvalue weighted by molar-refractivity contribution is 6.02. The minimum atomic E-state index is -4.51. The number of carbonyl (C=O) groups is 2. The van der Waals surface area contributed by atoms with E-state index in [0.29, 0.717) is 30.4 Å². The van der Waals surface area contributed by atoms with Gasteiger partial charge in [-0.3, -0.25) is 14.5 Å². The van der Waals surface area contributed by atoms with E-state index >= 15 is 0 Å². The molecule has 0 fully saturated rings. The number of ether oxygens (including phenoxy) is 1. The maximum absolute atomic E-state index is 14.4. The summed E-state index contributed by atoms with van der Waals surface area (Å²) >= 11 is 0. The van der Waals surface area contributed by atoms with Crippen LogP contribution in [0, 0.1) is 23.4 Å². The molecule has 0 radical (unpaired) electrons. The van der Waals surface area contributed by atoms with Gasteiger partial charge in [0, 0.05) is 50.4 Å². The van der Waals surface area contributed by atoms with Crippen molar-refractivity contribution in [1.82, 2.24) is 9.80 Å². The molecule has 2 amide bonds. The first kappa shape index (κ1) is 39.1. The highest BCUT2D eigenvalue weighted by atomic mass is 19.4. The second-order valence-corrected chi connectivity index (χ2v) is 13.4. The van der Waals surface area contributed by atoms with E-state index in [1.165, 1.54) is 17.0 Å². The van der Waals surface area contributed by atoms with Crippen LogP contribution in [0.15, 0.2) is 78.9 Å². The number of nitrogens with zero attached hydrogens (tertiary/aromatic N) is 3. The van der Waals surface area contributed by atoms with Gasteiger partial charge in [-0.25, -0.2) is 13.2 Å². The highest BCUT2D eigenvalue weighted by Crippen LogP contribution is 2.36. The molecule has 0 saturated heterocycles. The lowest BCUT2D eigenvalue weighted by atomic mass is 9.98. The number of benzene rings is 4. The van der Waals surface area contributed by atoms with E-state index in [4.69, 9.17) is 4.74 Å². The molecule has 1 aliphatic heterocycles. The fraction of sp³-hybridized carbons (Fsp3) is 0.333. The van der Waals surface area contributed by atoms with Crippen LogP contribution in [0.1, 0.15) is 40.9 Å². The van der Waals surface area contributed by atoms with Gasteiger partial charge in [-0.2, -0.15) is 13.2 Å². The third-order valence-corrected chi connectivity index (χ3v) is 9.23. The van der Waals surface area contributed by atoms with Gasteiger partial charge >= 0.3 is 6.18 Å². The summed E-state index contributed by atoms with van der Waals surface area (Å²) in [5.74, 6) is -4.38. The van der Waals surface area contributed by atoms with Gasteiger partial charge in [0.15, 0.2) is 17.4 Å². The summed E-state index contributed by atoms with van der Waals surface area (Å²) in [4.78, 5) is 31.9. The number of fused-ring (bicyclic) bond motifs is 1. The number of carbonyl (C=O) groups excluding carboxylic acids is 2. The minimum Gasteiger partial charge on any atom is -0.486 e. The van der Waals surface area contributed by atoms with Gasteiger partial charge in [0.25, 0.3) is 5.91 Å². The molecule has 4 aromatic carbocycles. The number of halogens is 6.